The van der Waals surface area contributed by atoms with E-state index in [0.29, 0.717) is 18.2 Å². The van der Waals surface area contributed by atoms with Crippen LogP contribution in [0.4, 0.5) is 11.6 Å². The molecule has 2 aliphatic rings. The molecule has 1 aromatic carbocycles. The minimum Gasteiger partial charge on any atom is -0.356 e. The molecule has 172 valence electrons. The molecule has 4 heterocycles. The second kappa shape index (κ2) is 9.11. The number of fused-ring (bicyclic) bond motifs is 1. The van der Waals surface area contributed by atoms with Crippen molar-refractivity contribution in [2.24, 2.45) is 0 Å². The second-order valence-electron chi connectivity index (χ2n) is 9.00. The Morgan fingerprint density at radius 2 is 1.91 bits per heavy atom. The number of imidazole rings is 1. The van der Waals surface area contributed by atoms with E-state index >= 15 is 0 Å². The van der Waals surface area contributed by atoms with Crippen molar-refractivity contribution in [3.63, 3.8) is 0 Å². The summed E-state index contributed by atoms with van der Waals surface area (Å²) < 4.78 is 2.31. The van der Waals surface area contributed by atoms with Gasteiger partial charge in [-0.2, -0.15) is 0 Å². The molecule has 0 unspecified atom stereocenters. The van der Waals surface area contributed by atoms with Crippen LogP contribution in [0.3, 0.4) is 0 Å². The molecule has 2 aliphatic heterocycles. The van der Waals surface area contributed by atoms with Gasteiger partial charge < -0.3 is 19.7 Å². The molecule has 8 nitrogen and oxygen atoms in total. The first-order chi connectivity index (χ1) is 16.0. The van der Waals surface area contributed by atoms with E-state index in [9.17, 15) is 4.79 Å². The van der Waals surface area contributed by atoms with Crippen LogP contribution in [0.15, 0.2) is 36.8 Å². The molecule has 1 saturated heterocycles. The Bertz CT molecular complexity index is 1150. The topological polar surface area (TPSA) is 79.2 Å². The number of hydrogen-bond donors (Lipinski definition) is 1. The van der Waals surface area contributed by atoms with Gasteiger partial charge in [0, 0.05) is 54.4 Å². The minimum atomic E-state index is -0.0146. The van der Waals surface area contributed by atoms with Crippen molar-refractivity contribution in [2.45, 2.75) is 31.7 Å². The smallest absolute Gasteiger partial charge is 0.230 e. The molecule has 9 heteroatoms. The number of amides is 1. The standard InChI is InChI=1S/C24H28ClN7O/c1-30(2)11-12-32-14-20(16-3-5-18(25)6-4-16)28-23(32)17-7-9-31(10-8-17)24-19-13-21(33)29-22(19)26-15-27-24/h3-6,14-15,17H,7-13H2,1-2H3,(H,26,27,29,33). The lowest BCUT2D eigenvalue weighted by Gasteiger charge is -2.33. The monoisotopic (exact) mass is 465 g/mol. The van der Waals surface area contributed by atoms with Crippen LogP contribution in [0.2, 0.25) is 5.02 Å². The predicted molar refractivity (Wildman–Crippen MR) is 130 cm³/mol. The van der Waals surface area contributed by atoms with Crippen molar-refractivity contribution in [3.8, 4) is 11.3 Å². The van der Waals surface area contributed by atoms with Crippen molar-refractivity contribution in [1.82, 2.24) is 24.4 Å². The van der Waals surface area contributed by atoms with Gasteiger partial charge in [-0.05, 0) is 39.1 Å². The molecule has 0 bridgehead atoms. The lowest BCUT2D eigenvalue weighted by atomic mass is 9.95. The van der Waals surface area contributed by atoms with E-state index in [-0.39, 0.29) is 5.91 Å². The maximum Gasteiger partial charge on any atom is 0.230 e. The van der Waals surface area contributed by atoms with Gasteiger partial charge in [-0.15, -0.1) is 0 Å². The highest BCUT2D eigenvalue weighted by atomic mass is 35.5. The van der Waals surface area contributed by atoms with E-state index in [2.05, 4.69) is 49.9 Å². The number of halogens is 1. The lowest BCUT2D eigenvalue weighted by molar-refractivity contribution is -0.115. The third-order valence-corrected chi connectivity index (χ3v) is 6.66. The van der Waals surface area contributed by atoms with E-state index in [4.69, 9.17) is 16.6 Å². The molecule has 0 atom stereocenters. The van der Waals surface area contributed by atoms with Crippen molar-refractivity contribution >= 4 is 29.1 Å². The van der Waals surface area contributed by atoms with Crippen molar-refractivity contribution in [3.05, 3.63) is 53.2 Å². The Morgan fingerprint density at radius 3 is 2.64 bits per heavy atom. The number of carbonyl (C=O) groups excluding carboxylic acids is 1. The zero-order valence-corrected chi connectivity index (χ0v) is 19.7. The Morgan fingerprint density at radius 1 is 1.15 bits per heavy atom. The Kier molecular flexibility index (Phi) is 6.03. The minimum absolute atomic E-state index is 0.0146. The van der Waals surface area contributed by atoms with E-state index in [0.717, 1.165) is 72.5 Å². The molecule has 0 radical (unpaired) electrons. The van der Waals surface area contributed by atoms with Gasteiger partial charge in [-0.1, -0.05) is 23.7 Å². The number of carbonyl (C=O) groups is 1. The summed E-state index contributed by atoms with van der Waals surface area (Å²) in [5, 5.41) is 3.55. The van der Waals surface area contributed by atoms with Crippen LogP contribution in [-0.2, 0) is 17.8 Å². The number of piperidine rings is 1. The summed E-state index contributed by atoms with van der Waals surface area (Å²) in [6.45, 7) is 3.60. The van der Waals surface area contributed by atoms with Crippen LogP contribution in [-0.4, -0.2) is 64.1 Å². The van der Waals surface area contributed by atoms with Gasteiger partial charge in [0.05, 0.1) is 12.1 Å². The van der Waals surface area contributed by atoms with E-state index in [1.807, 2.05) is 24.3 Å². The van der Waals surface area contributed by atoms with Crippen LogP contribution in [0.1, 0.15) is 30.1 Å². The molecular weight excluding hydrogens is 438 g/mol. The van der Waals surface area contributed by atoms with Gasteiger partial charge in [0.2, 0.25) is 5.91 Å². The molecule has 1 N–H and O–H groups in total. The molecular formula is C24H28ClN7O. The van der Waals surface area contributed by atoms with Gasteiger partial charge in [0.25, 0.3) is 0 Å². The number of anilines is 2. The third kappa shape index (κ3) is 4.58. The fraction of sp³-hybridized carbons (Fsp3) is 0.417. The second-order valence-corrected chi connectivity index (χ2v) is 9.44. The largest absolute Gasteiger partial charge is 0.356 e. The van der Waals surface area contributed by atoms with Crippen molar-refractivity contribution in [2.75, 3.05) is 43.9 Å². The van der Waals surface area contributed by atoms with Gasteiger partial charge in [-0.25, -0.2) is 15.0 Å². The fourth-order valence-corrected chi connectivity index (χ4v) is 4.76. The lowest BCUT2D eigenvalue weighted by Crippen LogP contribution is -2.35. The molecule has 3 aromatic rings. The normalized spacial score (nSPS) is 16.4. The number of hydrogen-bond acceptors (Lipinski definition) is 6. The number of benzene rings is 1. The number of likely N-dealkylation sites (N-methyl/N-ethyl adjacent to an activating group) is 1. The summed E-state index contributed by atoms with van der Waals surface area (Å²) in [4.78, 5) is 30.1. The fourth-order valence-electron chi connectivity index (χ4n) is 4.63. The quantitative estimate of drug-likeness (QED) is 0.600. The maximum absolute atomic E-state index is 11.8. The summed E-state index contributed by atoms with van der Waals surface area (Å²) in [6, 6.07) is 7.87. The SMILES string of the molecule is CN(C)CCn1cc(-c2ccc(Cl)cc2)nc1C1CCN(c2ncnc3c2CC(=O)N3)CC1. The summed E-state index contributed by atoms with van der Waals surface area (Å²) in [5.74, 6) is 3.04. The molecule has 5 rings (SSSR count). The van der Waals surface area contributed by atoms with Crippen LogP contribution < -0.4 is 10.2 Å². The number of aromatic nitrogens is 4. The Hall–Kier alpha value is -2.97. The molecule has 1 amide bonds. The van der Waals surface area contributed by atoms with Crippen molar-refractivity contribution < 1.29 is 4.79 Å². The summed E-state index contributed by atoms with van der Waals surface area (Å²) in [7, 11) is 4.18. The average molecular weight is 466 g/mol. The molecule has 0 saturated carbocycles. The molecule has 33 heavy (non-hydrogen) atoms. The third-order valence-electron chi connectivity index (χ3n) is 6.41. The molecule has 2 aromatic heterocycles. The number of nitrogens with one attached hydrogen (secondary N) is 1. The highest BCUT2D eigenvalue weighted by molar-refractivity contribution is 6.30. The first-order valence-electron chi connectivity index (χ1n) is 11.3. The van der Waals surface area contributed by atoms with Gasteiger partial charge in [0.1, 0.15) is 23.8 Å². The Balaban J connectivity index is 1.36. The maximum atomic E-state index is 11.8. The van der Waals surface area contributed by atoms with Crippen LogP contribution in [0.5, 0.6) is 0 Å². The first kappa shape index (κ1) is 21.9. The van der Waals surface area contributed by atoms with Crippen LogP contribution >= 0.6 is 11.6 Å². The highest BCUT2D eigenvalue weighted by Gasteiger charge is 2.30. The summed E-state index contributed by atoms with van der Waals surface area (Å²) in [5.41, 5.74) is 2.98. The van der Waals surface area contributed by atoms with E-state index in [1.165, 1.54) is 6.33 Å². The summed E-state index contributed by atoms with van der Waals surface area (Å²) in [6.07, 6.45) is 6.03. The average Bonchev–Trinajstić information content (AvgIpc) is 3.41. The Labute approximate surface area is 198 Å². The number of rotatable bonds is 6. The zero-order chi connectivity index (χ0) is 22.9. The molecule has 0 spiro atoms. The summed E-state index contributed by atoms with van der Waals surface area (Å²) >= 11 is 6.08. The van der Waals surface area contributed by atoms with Gasteiger partial charge in [0.15, 0.2) is 0 Å². The van der Waals surface area contributed by atoms with Crippen LogP contribution in [0.25, 0.3) is 11.3 Å². The van der Waals surface area contributed by atoms with E-state index in [1.54, 1.807) is 0 Å². The van der Waals surface area contributed by atoms with Crippen molar-refractivity contribution in [1.29, 1.82) is 0 Å². The van der Waals surface area contributed by atoms with Gasteiger partial charge in [-0.3, -0.25) is 4.79 Å². The van der Waals surface area contributed by atoms with Gasteiger partial charge >= 0.3 is 0 Å². The molecule has 0 aliphatic carbocycles. The van der Waals surface area contributed by atoms with E-state index < -0.39 is 0 Å². The number of nitrogens with zero attached hydrogens (tertiary/aromatic N) is 6. The predicted octanol–water partition coefficient (Wildman–Crippen LogP) is 3.43. The van der Waals surface area contributed by atoms with Crippen LogP contribution in [0, 0.1) is 0 Å². The molecule has 1 fully saturated rings. The highest BCUT2D eigenvalue weighted by Crippen LogP contribution is 2.35. The first-order valence-corrected chi connectivity index (χ1v) is 11.7. The zero-order valence-electron chi connectivity index (χ0n) is 19.0.